The second-order valence-corrected chi connectivity index (χ2v) is 2.54. The quantitative estimate of drug-likeness (QED) is 0.441. The molecule has 1 fully saturated rings. The molecule has 0 spiro atoms. The van der Waals surface area contributed by atoms with E-state index in [9.17, 15) is 0 Å². The average Bonchev–Trinajstić information content (AvgIpc) is 1.91. The van der Waals surface area contributed by atoms with E-state index in [1.807, 2.05) is 0 Å². The molecule has 0 aromatic heterocycles. The summed E-state index contributed by atoms with van der Waals surface area (Å²) < 4.78 is 0. The Balaban J connectivity index is 2.08. The van der Waals surface area contributed by atoms with Gasteiger partial charge in [-0.1, -0.05) is 0 Å². The molecule has 1 rings (SSSR count). The third-order valence-electron chi connectivity index (χ3n) is 1.39. The maximum atomic E-state index is 5.50. The fraction of sp³-hybridized carbons (Fsp3) is 1.00. The van der Waals surface area contributed by atoms with Crippen LogP contribution in [0.2, 0.25) is 0 Å². The Bertz CT molecular complexity index is 68.7. The SMILES string of the molecule is ClCCC1CCCOO1. The van der Waals surface area contributed by atoms with Crippen LogP contribution in [-0.2, 0) is 9.78 Å². The molecule has 1 heterocycles. The molecule has 0 aromatic carbocycles. The average molecular weight is 151 g/mol. The number of alkyl halides is 1. The summed E-state index contributed by atoms with van der Waals surface area (Å²) in [5.74, 6) is 0.661. The summed E-state index contributed by atoms with van der Waals surface area (Å²) >= 11 is 5.50. The van der Waals surface area contributed by atoms with Crippen molar-refractivity contribution in [3.05, 3.63) is 0 Å². The predicted molar refractivity (Wildman–Crippen MR) is 35.4 cm³/mol. The molecule has 1 unspecified atom stereocenters. The molecule has 1 saturated heterocycles. The first kappa shape index (κ1) is 7.32. The number of hydrogen-bond acceptors (Lipinski definition) is 2. The molecular weight excluding hydrogens is 140 g/mol. The standard InChI is InChI=1S/C6H11ClO2/c7-4-3-6-2-1-5-8-9-6/h6H,1-5H2. The zero-order valence-corrected chi connectivity index (χ0v) is 6.06. The molecule has 0 N–H and O–H groups in total. The number of halogens is 1. The Morgan fingerprint density at radius 2 is 2.44 bits per heavy atom. The van der Waals surface area contributed by atoms with E-state index >= 15 is 0 Å². The molecule has 54 valence electrons. The minimum atomic E-state index is 0.247. The third kappa shape index (κ3) is 2.52. The van der Waals surface area contributed by atoms with Crippen LogP contribution in [0.15, 0.2) is 0 Å². The van der Waals surface area contributed by atoms with Crippen molar-refractivity contribution >= 4 is 11.6 Å². The van der Waals surface area contributed by atoms with Crippen molar-refractivity contribution in [2.24, 2.45) is 0 Å². The van der Waals surface area contributed by atoms with Gasteiger partial charge in [0.05, 0.1) is 12.7 Å². The second kappa shape index (κ2) is 4.09. The lowest BCUT2D eigenvalue weighted by Crippen LogP contribution is -2.20. The van der Waals surface area contributed by atoms with E-state index in [1.54, 1.807) is 0 Å². The molecule has 0 aliphatic carbocycles. The van der Waals surface area contributed by atoms with Gasteiger partial charge in [0.25, 0.3) is 0 Å². The van der Waals surface area contributed by atoms with Crippen LogP contribution in [0.5, 0.6) is 0 Å². The van der Waals surface area contributed by atoms with Crippen molar-refractivity contribution in [2.45, 2.75) is 25.4 Å². The van der Waals surface area contributed by atoms with Crippen molar-refractivity contribution in [1.29, 1.82) is 0 Å². The highest BCUT2D eigenvalue weighted by Crippen LogP contribution is 2.13. The van der Waals surface area contributed by atoms with Crippen molar-refractivity contribution in [2.75, 3.05) is 12.5 Å². The topological polar surface area (TPSA) is 18.5 Å². The maximum absolute atomic E-state index is 5.50. The van der Waals surface area contributed by atoms with E-state index in [0.29, 0.717) is 5.88 Å². The lowest BCUT2D eigenvalue weighted by molar-refractivity contribution is -0.344. The minimum absolute atomic E-state index is 0.247. The summed E-state index contributed by atoms with van der Waals surface area (Å²) in [6.45, 7) is 0.735. The van der Waals surface area contributed by atoms with E-state index in [0.717, 1.165) is 25.9 Å². The van der Waals surface area contributed by atoms with E-state index in [-0.39, 0.29) is 6.10 Å². The zero-order valence-electron chi connectivity index (χ0n) is 5.31. The first-order valence-corrected chi connectivity index (χ1v) is 3.81. The van der Waals surface area contributed by atoms with Crippen LogP contribution in [0.25, 0.3) is 0 Å². The van der Waals surface area contributed by atoms with E-state index < -0.39 is 0 Å². The summed E-state index contributed by atoms with van der Waals surface area (Å²) in [5, 5.41) is 0. The van der Waals surface area contributed by atoms with Crippen molar-refractivity contribution in [3.8, 4) is 0 Å². The van der Waals surface area contributed by atoms with Gasteiger partial charge in [-0.3, -0.25) is 0 Å². The molecule has 1 aliphatic heterocycles. The van der Waals surface area contributed by atoms with Crippen LogP contribution in [0.1, 0.15) is 19.3 Å². The van der Waals surface area contributed by atoms with Gasteiger partial charge in [-0.05, 0) is 19.3 Å². The Labute approximate surface area is 60.0 Å². The lowest BCUT2D eigenvalue weighted by Gasteiger charge is -2.19. The fourth-order valence-corrected chi connectivity index (χ4v) is 1.12. The van der Waals surface area contributed by atoms with Crippen LogP contribution < -0.4 is 0 Å². The monoisotopic (exact) mass is 150 g/mol. The summed E-state index contributed by atoms with van der Waals surface area (Å²) in [6, 6.07) is 0. The largest absolute Gasteiger partial charge is 0.236 e. The van der Waals surface area contributed by atoms with Crippen molar-refractivity contribution < 1.29 is 9.78 Å². The predicted octanol–water partition coefficient (Wildman–Crippen LogP) is 1.73. The molecule has 0 radical (unpaired) electrons. The van der Waals surface area contributed by atoms with E-state index in [2.05, 4.69) is 0 Å². The molecule has 9 heavy (non-hydrogen) atoms. The highest BCUT2D eigenvalue weighted by molar-refractivity contribution is 6.17. The Kier molecular flexibility index (Phi) is 3.33. The minimum Gasteiger partial charge on any atom is -0.236 e. The summed E-state index contributed by atoms with van der Waals surface area (Å²) in [6.07, 6.45) is 3.34. The molecule has 1 atom stereocenters. The number of rotatable bonds is 2. The molecule has 0 saturated carbocycles. The normalized spacial score (nSPS) is 28.3. The summed E-state index contributed by atoms with van der Waals surface area (Å²) in [4.78, 5) is 9.71. The van der Waals surface area contributed by atoms with Crippen LogP contribution in [0.4, 0.5) is 0 Å². The maximum Gasteiger partial charge on any atom is 0.0942 e. The van der Waals surface area contributed by atoms with Gasteiger partial charge >= 0.3 is 0 Å². The van der Waals surface area contributed by atoms with Gasteiger partial charge in [0, 0.05) is 5.88 Å². The van der Waals surface area contributed by atoms with E-state index in [1.165, 1.54) is 0 Å². The first-order valence-electron chi connectivity index (χ1n) is 3.27. The van der Waals surface area contributed by atoms with Gasteiger partial charge in [-0.15, -0.1) is 11.6 Å². The van der Waals surface area contributed by atoms with Gasteiger partial charge in [-0.25, -0.2) is 9.78 Å². The van der Waals surface area contributed by atoms with Gasteiger partial charge in [0.2, 0.25) is 0 Å². The van der Waals surface area contributed by atoms with Crippen LogP contribution >= 0.6 is 11.6 Å². The van der Waals surface area contributed by atoms with Crippen molar-refractivity contribution in [3.63, 3.8) is 0 Å². The van der Waals surface area contributed by atoms with Gasteiger partial charge in [0.1, 0.15) is 0 Å². The number of hydrogen-bond donors (Lipinski definition) is 0. The molecule has 0 amide bonds. The van der Waals surface area contributed by atoms with Crippen molar-refractivity contribution in [1.82, 2.24) is 0 Å². The molecule has 0 aromatic rings. The molecular formula is C6H11ClO2. The van der Waals surface area contributed by atoms with Gasteiger partial charge in [0.15, 0.2) is 0 Å². The second-order valence-electron chi connectivity index (χ2n) is 2.16. The zero-order chi connectivity index (χ0) is 6.53. The lowest BCUT2D eigenvalue weighted by atomic mass is 10.1. The van der Waals surface area contributed by atoms with E-state index in [4.69, 9.17) is 21.4 Å². The highest BCUT2D eigenvalue weighted by Gasteiger charge is 2.13. The molecule has 1 aliphatic rings. The van der Waals surface area contributed by atoms with Gasteiger partial charge < -0.3 is 0 Å². The highest BCUT2D eigenvalue weighted by atomic mass is 35.5. The summed E-state index contributed by atoms with van der Waals surface area (Å²) in [5.41, 5.74) is 0. The molecule has 0 bridgehead atoms. The van der Waals surface area contributed by atoms with Crippen LogP contribution in [-0.4, -0.2) is 18.6 Å². The smallest absolute Gasteiger partial charge is 0.0942 e. The molecule has 3 heteroatoms. The van der Waals surface area contributed by atoms with Crippen LogP contribution in [0.3, 0.4) is 0 Å². The fourth-order valence-electron chi connectivity index (χ4n) is 0.877. The summed E-state index contributed by atoms with van der Waals surface area (Å²) in [7, 11) is 0. The Morgan fingerprint density at radius 1 is 1.56 bits per heavy atom. The van der Waals surface area contributed by atoms with Crippen LogP contribution in [0, 0.1) is 0 Å². The Morgan fingerprint density at radius 3 is 3.00 bits per heavy atom. The third-order valence-corrected chi connectivity index (χ3v) is 1.61. The Hall–Kier alpha value is 0.210. The molecule has 2 nitrogen and oxygen atoms in total. The van der Waals surface area contributed by atoms with Gasteiger partial charge in [-0.2, -0.15) is 0 Å². The first-order chi connectivity index (χ1) is 4.43.